The van der Waals surface area contributed by atoms with Crippen LogP contribution < -0.4 is 5.32 Å². The molecule has 0 aliphatic rings. The Bertz CT molecular complexity index is 352. The average Bonchev–Trinajstić information content (AvgIpc) is 2.37. The van der Waals surface area contributed by atoms with Gasteiger partial charge >= 0.3 is 6.18 Å². The smallest absolute Gasteiger partial charge is 0.317 e. The Morgan fingerprint density at radius 3 is 2.58 bits per heavy atom. The first-order valence-corrected chi connectivity index (χ1v) is 7.39. The Labute approximate surface area is 116 Å². The first-order chi connectivity index (χ1) is 9.04. The Kier molecular flexibility index (Phi) is 7.23. The fourth-order valence-corrected chi connectivity index (χ4v) is 2.31. The third kappa shape index (κ3) is 6.82. The largest absolute Gasteiger partial charge is 0.417 e. The minimum Gasteiger partial charge on any atom is -0.317 e. The summed E-state index contributed by atoms with van der Waals surface area (Å²) < 4.78 is 37.0. The first kappa shape index (κ1) is 16.3. The number of pyridine rings is 1. The minimum atomic E-state index is -4.30. The molecule has 6 heteroatoms. The zero-order chi connectivity index (χ0) is 14.1. The van der Waals surface area contributed by atoms with Crippen LogP contribution in [0.3, 0.4) is 0 Å². The normalized spacial score (nSPS) is 11.8. The molecule has 0 unspecified atom stereocenters. The molecular formula is C13H19F3N2S. The number of nitrogens with zero attached hydrogens (tertiary/aromatic N) is 1. The van der Waals surface area contributed by atoms with Crippen molar-refractivity contribution in [2.45, 2.75) is 37.4 Å². The van der Waals surface area contributed by atoms with Crippen molar-refractivity contribution in [1.82, 2.24) is 10.3 Å². The van der Waals surface area contributed by atoms with Crippen LogP contribution in [-0.2, 0) is 6.18 Å². The molecule has 0 saturated carbocycles. The highest BCUT2D eigenvalue weighted by Crippen LogP contribution is 2.29. The lowest BCUT2D eigenvalue weighted by molar-refractivity contribution is -0.137. The van der Waals surface area contributed by atoms with Crippen LogP contribution >= 0.6 is 11.8 Å². The lowest BCUT2D eigenvalue weighted by Crippen LogP contribution is -2.15. The molecule has 108 valence electrons. The van der Waals surface area contributed by atoms with Crippen LogP contribution in [0.25, 0.3) is 0 Å². The van der Waals surface area contributed by atoms with Crippen molar-refractivity contribution in [1.29, 1.82) is 0 Å². The van der Waals surface area contributed by atoms with E-state index < -0.39 is 11.7 Å². The summed E-state index contributed by atoms with van der Waals surface area (Å²) in [6.45, 7) is 4.15. The second kappa shape index (κ2) is 8.43. The number of alkyl halides is 3. The quantitative estimate of drug-likeness (QED) is 0.579. The van der Waals surface area contributed by atoms with Crippen LogP contribution in [0.5, 0.6) is 0 Å². The third-order valence-corrected chi connectivity index (χ3v) is 3.52. The van der Waals surface area contributed by atoms with Gasteiger partial charge in [-0.1, -0.05) is 6.92 Å². The second-order valence-electron chi connectivity index (χ2n) is 4.19. The number of thioether (sulfide) groups is 1. The molecule has 0 aliphatic carbocycles. The molecule has 0 atom stereocenters. The maximum Gasteiger partial charge on any atom is 0.417 e. The first-order valence-electron chi connectivity index (χ1n) is 6.41. The summed E-state index contributed by atoms with van der Waals surface area (Å²) >= 11 is 1.50. The van der Waals surface area contributed by atoms with Crippen LogP contribution in [-0.4, -0.2) is 23.8 Å². The molecular weight excluding hydrogens is 273 g/mol. The van der Waals surface area contributed by atoms with Gasteiger partial charge in [0.05, 0.1) is 10.6 Å². The van der Waals surface area contributed by atoms with Crippen molar-refractivity contribution in [3.05, 3.63) is 23.9 Å². The molecule has 1 aromatic heterocycles. The molecule has 1 N–H and O–H groups in total. The summed E-state index contributed by atoms with van der Waals surface area (Å²) in [5.41, 5.74) is -0.694. The number of rotatable bonds is 8. The fraction of sp³-hybridized carbons (Fsp3) is 0.615. The number of aromatic nitrogens is 1. The molecule has 1 rings (SSSR count). The molecule has 0 spiro atoms. The highest BCUT2D eigenvalue weighted by atomic mass is 32.2. The molecule has 2 nitrogen and oxygen atoms in total. The van der Waals surface area contributed by atoms with Crippen molar-refractivity contribution < 1.29 is 13.2 Å². The van der Waals surface area contributed by atoms with Crippen molar-refractivity contribution >= 4 is 11.8 Å². The highest BCUT2D eigenvalue weighted by molar-refractivity contribution is 7.99. The molecule has 0 radical (unpaired) electrons. The second-order valence-corrected chi connectivity index (χ2v) is 5.30. The Morgan fingerprint density at radius 1 is 1.21 bits per heavy atom. The van der Waals surface area contributed by atoms with Crippen molar-refractivity contribution in [3.63, 3.8) is 0 Å². The third-order valence-electron chi connectivity index (χ3n) is 2.49. The van der Waals surface area contributed by atoms with E-state index in [1.54, 1.807) is 0 Å². The van der Waals surface area contributed by atoms with Gasteiger partial charge in [-0.3, -0.25) is 0 Å². The maximum absolute atomic E-state index is 12.3. The Hall–Kier alpha value is -0.750. The number of halogens is 3. The monoisotopic (exact) mass is 292 g/mol. The van der Waals surface area contributed by atoms with Crippen molar-refractivity contribution in [2.24, 2.45) is 0 Å². The summed E-state index contributed by atoms with van der Waals surface area (Å²) in [7, 11) is 0. The molecule has 1 heterocycles. The molecule has 1 aromatic rings. The van der Waals surface area contributed by atoms with E-state index >= 15 is 0 Å². The summed E-state index contributed by atoms with van der Waals surface area (Å²) in [6.07, 6.45) is -0.172. The lowest BCUT2D eigenvalue weighted by atomic mass is 10.3. The Morgan fingerprint density at radius 2 is 2.00 bits per heavy atom. The topological polar surface area (TPSA) is 24.9 Å². The van der Waals surface area contributed by atoms with Gasteiger partial charge in [-0.2, -0.15) is 13.2 Å². The van der Waals surface area contributed by atoms with E-state index in [1.165, 1.54) is 17.8 Å². The maximum atomic E-state index is 12.3. The summed E-state index contributed by atoms with van der Waals surface area (Å²) in [6, 6.07) is 2.51. The van der Waals surface area contributed by atoms with Gasteiger partial charge in [0.15, 0.2) is 0 Å². The van der Waals surface area contributed by atoms with E-state index in [4.69, 9.17) is 0 Å². The molecule has 19 heavy (non-hydrogen) atoms. The van der Waals surface area contributed by atoms with Gasteiger partial charge in [-0.15, -0.1) is 11.8 Å². The zero-order valence-corrected chi connectivity index (χ0v) is 11.8. The van der Waals surface area contributed by atoms with Gasteiger partial charge in [0.1, 0.15) is 0 Å². The van der Waals surface area contributed by atoms with Crippen molar-refractivity contribution in [2.75, 3.05) is 18.8 Å². The van der Waals surface area contributed by atoms with E-state index in [0.717, 1.165) is 50.4 Å². The average molecular weight is 292 g/mol. The van der Waals surface area contributed by atoms with Gasteiger partial charge in [0.25, 0.3) is 0 Å². The van der Waals surface area contributed by atoms with Crippen molar-refractivity contribution in [3.8, 4) is 0 Å². The standard InChI is InChI=1S/C13H19F3N2S/c1-2-7-17-8-3-4-9-19-12-6-5-11(10-18-12)13(14,15)16/h5-6,10,17H,2-4,7-9H2,1H3. The van der Waals surface area contributed by atoms with Gasteiger partial charge in [0.2, 0.25) is 0 Å². The van der Waals surface area contributed by atoms with Crippen LogP contribution in [0, 0.1) is 0 Å². The van der Waals surface area contributed by atoms with Crippen LogP contribution in [0.2, 0.25) is 0 Å². The molecule has 0 amide bonds. The number of nitrogens with one attached hydrogen (secondary N) is 1. The summed E-state index contributed by atoms with van der Waals surface area (Å²) in [5, 5.41) is 3.96. The van der Waals surface area contributed by atoms with Crippen LogP contribution in [0.4, 0.5) is 13.2 Å². The molecule has 0 aromatic carbocycles. The predicted molar refractivity (Wildman–Crippen MR) is 72.4 cm³/mol. The van der Waals surface area contributed by atoms with Crippen LogP contribution in [0.15, 0.2) is 23.4 Å². The van der Waals surface area contributed by atoms with E-state index in [0.29, 0.717) is 5.03 Å². The highest BCUT2D eigenvalue weighted by Gasteiger charge is 2.30. The van der Waals surface area contributed by atoms with E-state index in [2.05, 4.69) is 17.2 Å². The minimum absolute atomic E-state index is 0.648. The van der Waals surface area contributed by atoms with Gasteiger partial charge in [-0.05, 0) is 50.2 Å². The predicted octanol–water partition coefficient (Wildman–Crippen LogP) is 3.97. The van der Waals surface area contributed by atoms with E-state index in [9.17, 15) is 13.2 Å². The van der Waals surface area contributed by atoms with Gasteiger partial charge in [-0.25, -0.2) is 4.98 Å². The fourth-order valence-electron chi connectivity index (χ4n) is 1.46. The zero-order valence-electron chi connectivity index (χ0n) is 11.0. The molecule has 0 bridgehead atoms. The summed E-state index contributed by atoms with van der Waals surface area (Å²) in [4.78, 5) is 3.82. The SMILES string of the molecule is CCCNCCCCSc1ccc(C(F)(F)F)cn1. The number of hydrogen-bond acceptors (Lipinski definition) is 3. The van der Waals surface area contributed by atoms with Gasteiger partial charge < -0.3 is 5.32 Å². The van der Waals surface area contributed by atoms with E-state index in [-0.39, 0.29) is 0 Å². The number of unbranched alkanes of at least 4 members (excludes halogenated alkanes) is 1. The summed E-state index contributed by atoms with van der Waals surface area (Å²) in [5.74, 6) is 0.881. The van der Waals surface area contributed by atoms with Gasteiger partial charge in [0, 0.05) is 6.20 Å². The Balaban J connectivity index is 2.20. The molecule has 0 aliphatic heterocycles. The van der Waals surface area contributed by atoms with E-state index in [1.807, 2.05) is 0 Å². The lowest BCUT2D eigenvalue weighted by Gasteiger charge is -2.06. The molecule has 0 saturated heterocycles. The molecule has 0 fully saturated rings. The van der Waals surface area contributed by atoms with Crippen LogP contribution in [0.1, 0.15) is 31.7 Å². The number of hydrogen-bond donors (Lipinski definition) is 1.